The van der Waals surface area contributed by atoms with Crippen LogP contribution in [-0.4, -0.2) is 34.8 Å². The topological polar surface area (TPSA) is 62.3 Å². The van der Waals surface area contributed by atoms with Crippen molar-refractivity contribution in [3.8, 4) is 0 Å². The van der Waals surface area contributed by atoms with Crippen LogP contribution in [0, 0.1) is 18.3 Å². The number of pyridine rings is 1. The van der Waals surface area contributed by atoms with Crippen molar-refractivity contribution in [2.45, 2.75) is 26.3 Å². The molecule has 1 aromatic carbocycles. The van der Waals surface area contributed by atoms with Crippen molar-refractivity contribution in [1.82, 2.24) is 15.2 Å². The number of carbonyl (C=O) groups is 2. The van der Waals surface area contributed by atoms with E-state index in [1.54, 1.807) is 12.4 Å². The van der Waals surface area contributed by atoms with E-state index in [9.17, 15) is 9.59 Å². The van der Waals surface area contributed by atoms with E-state index in [1.165, 1.54) is 0 Å². The number of aryl methyl sites for hydroxylation is 1. The zero-order valence-corrected chi connectivity index (χ0v) is 14.9. The highest BCUT2D eigenvalue weighted by Gasteiger charge is 2.61. The third-order valence-electron chi connectivity index (χ3n) is 5.74. The minimum absolute atomic E-state index is 0.0165. The zero-order valence-electron chi connectivity index (χ0n) is 14.9. The lowest BCUT2D eigenvalue weighted by atomic mass is 10.0. The lowest BCUT2D eigenvalue weighted by molar-refractivity contribution is -0.123. The molecular weight excluding hydrogens is 326 g/mol. The van der Waals surface area contributed by atoms with Crippen molar-refractivity contribution in [2.75, 3.05) is 13.1 Å². The molecule has 1 aliphatic heterocycles. The summed E-state index contributed by atoms with van der Waals surface area (Å²) in [6.07, 6.45) is 5.28. The van der Waals surface area contributed by atoms with Crippen LogP contribution in [0.2, 0.25) is 0 Å². The van der Waals surface area contributed by atoms with Gasteiger partial charge in [0.15, 0.2) is 0 Å². The number of nitrogens with zero attached hydrogens (tertiary/aromatic N) is 2. The molecule has 1 aliphatic carbocycles. The maximum atomic E-state index is 12.8. The van der Waals surface area contributed by atoms with Gasteiger partial charge >= 0.3 is 0 Å². The van der Waals surface area contributed by atoms with E-state index in [2.05, 4.69) is 10.3 Å². The summed E-state index contributed by atoms with van der Waals surface area (Å²) < 4.78 is 0. The first-order chi connectivity index (χ1) is 12.6. The number of benzene rings is 1. The van der Waals surface area contributed by atoms with Gasteiger partial charge in [-0.3, -0.25) is 14.6 Å². The van der Waals surface area contributed by atoms with Crippen molar-refractivity contribution in [3.63, 3.8) is 0 Å². The fourth-order valence-electron chi connectivity index (χ4n) is 4.04. The van der Waals surface area contributed by atoms with Crippen molar-refractivity contribution < 1.29 is 9.59 Å². The molecule has 5 heteroatoms. The molecule has 2 fully saturated rings. The highest BCUT2D eigenvalue weighted by Crippen LogP contribution is 2.58. The van der Waals surface area contributed by atoms with Crippen LogP contribution in [0.5, 0.6) is 0 Å². The summed E-state index contributed by atoms with van der Waals surface area (Å²) in [4.78, 5) is 31.3. The van der Waals surface area contributed by atoms with Crippen LogP contribution >= 0.6 is 0 Å². The van der Waals surface area contributed by atoms with Crippen molar-refractivity contribution >= 4 is 11.8 Å². The molecule has 2 unspecified atom stereocenters. The number of hydrogen-bond donors (Lipinski definition) is 1. The molecule has 2 aromatic rings. The van der Waals surface area contributed by atoms with Crippen LogP contribution in [0.25, 0.3) is 0 Å². The maximum Gasteiger partial charge on any atom is 0.254 e. The normalized spacial score (nSPS) is 23.9. The van der Waals surface area contributed by atoms with Gasteiger partial charge in [0.05, 0.1) is 0 Å². The van der Waals surface area contributed by atoms with E-state index in [0.717, 1.165) is 36.1 Å². The van der Waals surface area contributed by atoms with Crippen molar-refractivity contribution in [3.05, 3.63) is 65.5 Å². The average Bonchev–Trinajstić information content (AvgIpc) is 3.20. The first-order valence-electron chi connectivity index (χ1n) is 9.11. The highest BCUT2D eigenvalue weighted by molar-refractivity contribution is 5.96. The summed E-state index contributed by atoms with van der Waals surface area (Å²) in [5.74, 6) is 0.203. The first kappa shape index (κ1) is 16.8. The van der Waals surface area contributed by atoms with E-state index >= 15 is 0 Å². The molecule has 26 heavy (non-hydrogen) atoms. The predicted octanol–water partition coefficient (Wildman–Crippen LogP) is 2.56. The monoisotopic (exact) mass is 349 g/mol. The average molecular weight is 349 g/mol. The van der Waals surface area contributed by atoms with Gasteiger partial charge in [-0.1, -0.05) is 24.3 Å². The summed E-state index contributed by atoms with van der Waals surface area (Å²) in [7, 11) is 0. The van der Waals surface area contributed by atoms with Crippen LogP contribution in [0.4, 0.5) is 0 Å². The molecule has 1 aromatic heterocycles. The summed E-state index contributed by atoms with van der Waals surface area (Å²) >= 11 is 0. The number of nitrogens with one attached hydrogen (secondary N) is 1. The predicted molar refractivity (Wildman–Crippen MR) is 98.3 cm³/mol. The minimum Gasteiger partial charge on any atom is -0.352 e. The largest absolute Gasteiger partial charge is 0.352 e. The third kappa shape index (κ3) is 3.09. The van der Waals surface area contributed by atoms with Crippen LogP contribution < -0.4 is 5.32 Å². The number of carbonyl (C=O) groups excluding carboxylic acids is 2. The summed E-state index contributed by atoms with van der Waals surface area (Å²) in [6.45, 7) is 3.89. The Balaban J connectivity index is 1.35. The van der Waals surface area contributed by atoms with Gasteiger partial charge in [-0.15, -0.1) is 0 Å². The fraction of sp³-hybridized carbons (Fsp3) is 0.381. The molecule has 1 saturated carbocycles. The molecule has 2 atom stereocenters. The van der Waals surface area contributed by atoms with E-state index in [-0.39, 0.29) is 23.1 Å². The van der Waals surface area contributed by atoms with Crippen molar-refractivity contribution in [1.29, 1.82) is 0 Å². The highest BCUT2D eigenvalue weighted by atomic mass is 16.2. The molecule has 4 rings (SSSR count). The molecule has 2 amide bonds. The van der Waals surface area contributed by atoms with Gasteiger partial charge in [-0.25, -0.2) is 0 Å². The van der Waals surface area contributed by atoms with Gasteiger partial charge in [-0.05, 0) is 43.0 Å². The second-order valence-corrected chi connectivity index (χ2v) is 7.49. The molecule has 1 N–H and O–H groups in total. The molecule has 0 radical (unpaired) electrons. The van der Waals surface area contributed by atoms with E-state index in [0.29, 0.717) is 13.1 Å². The van der Waals surface area contributed by atoms with Gasteiger partial charge in [0.1, 0.15) is 0 Å². The Bertz CT molecular complexity index is 836. The molecule has 1 saturated heterocycles. The second-order valence-electron chi connectivity index (χ2n) is 7.49. The Morgan fingerprint density at radius 3 is 2.88 bits per heavy atom. The summed E-state index contributed by atoms with van der Waals surface area (Å²) in [5.41, 5.74) is 2.75. The standard InChI is InChI=1S/C21H23N3O2/c1-15-5-2-3-7-17(15)20(26)24-10-8-21(14-24)11-18(21)19(25)23-13-16-6-4-9-22-12-16/h2-7,9,12,18H,8,10-11,13-14H2,1H3,(H,23,25). The van der Waals surface area contributed by atoms with Gasteiger partial charge < -0.3 is 10.2 Å². The van der Waals surface area contributed by atoms with E-state index < -0.39 is 0 Å². The maximum absolute atomic E-state index is 12.8. The molecule has 134 valence electrons. The van der Waals surface area contributed by atoms with Gasteiger partial charge in [0.2, 0.25) is 5.91 Å². The Morgan fingerprint density at radius 1 is 1.27 bits per heavy atom. The smallest absolute Gasteiger partial charge is 0.254 e. The van der Waals surface area contributed by atoms with Gasteiger partial charge in [0, 0.05) is 48.9 Å². The number of aromatic nitrogens is 1. The first-order valence-corrected chi connectivity index (χ1v) is 9.11. The lowest BCUT2D eigenvalue weighted by Gasteiger charge is -2.18. The SMILES string of the molecule is Cc1ccccc1C(=O)N1CCC2(CC2C(=O)NCc2cccnc2)C1. The summed E-state index contributed by atoms with van der Waals surface area (Å²) in [5, 5.41) is 3.01. The molecule has 0 bridgehead atoms. The quantitative estimate of drug-likeness (QED) is 0.923. The zero-order chi connectivity index (χ0) is 18.1. The van der Waals surface area contributed by atoms with Crippen molar-refractivity contribution in [2.24, 2.45) is 11.3 Å². The van der Waals surface area contributed by atoms with E-state index in [1.807, 2.05) is 48.2 Å². The second kappa shape index (κ2) is 6.56. The van der Waals surface area contributed by atoms with Gasteiger partial charge in [0.25, 0.3) is 5.91 Å². The molecule has 1 spiro atoms. The Morgan fingerprint density at radius 2 is 2.12 bits per heavy atom. The van der Waals surface area contributed by atoms with E-state index in [4.69, 9.17) is 0 Å². The minimum atomic E-state index is -0.0165. The Kier molecular flexibility index (Phi) is 4.23. The van der Waals surface area contributed by atoms with Crippen LogP contribution in [0.15, 0.2) is 48.8 Å². The van der Waals surface area contributed by atoms with Crippen LogP contribution in [-0.2, 0) is 11.3 Å². The molecular formula is C21H23N3O2. The lowest BCUT2D eigenvalue weighted by Crippen LogP contribution is -2.31. The molecule has 5 nitrogen and oxygen atoms in total. The van der Waals surface area contributed by atoms with Crippen LogP contribution in [0.1, 0.15) is 34.3 Å². The van der Waals surface area contributed by atoms with Gasteiger partial charge in [-0.2, -0.15) is 0 Å². The third-order valence-corrected chi connectivity index (χ3v) is 5.74. The Hall–Kier alpha value is -2.69. The number of likely N-dealkylation sites (tertiary alicyclic amines) is 1. The molecule has 2 heterocycles. The number of amides is 2. The molecule has 2 aliphatic rings. The Labute approximate surface area is 153 Å². The van der Waals surface area contributed by atoms with Crippen LogP contribution in [0.3, 0.4) is 0 Å². The summed E-state index contributed by atoms with van der Waals surface area (Å²) in [6, 6.07) is 11.5. The fourth-order valence-corrected chi connectivity index (χ4v) is 4.04. The number of hydrogen-bond acceptors (Lipinski definition) is 3. The number of rotatable bonds is 4.